The Balaban J connectivity index is 0.000000317. The Morgan fingerprint density at radius 2 is 1.44 bits per heavy atom. The molecule has 2 aliphatic heterocycles. The highest BCUT2D eigenvalue weighted by Crippen LogP contribution is 2.22. The standard InChI is InChI=1S/C20H31N3O2.2C2HF3O2/c24-20-6-3-16-15-18(21-17-7-13-25-14-8-17)4-5-19(16)23(20)12-11-22-9-1-2-10-22;2*3-2(4,5)1(6)7/h3,6,17-18,21H,1-2,4-5,7-15H2;2*(H,6,7). The number of ether oxygens (including phenoxy) is 1. The first-order chi connectivity index (χ1) is 18.2. The average molecular weight is 574 g/mol. The van der Waals surface area contributed by atoms with E-state index in [0.29, 0.717) is 12.1 Å². The molecule has 2 saturated heterocycles. The second kappa shape index (κ2) is 14.7. The Morgan fingerprint density at radius 3 is 1.95 bits per heavy atom. The molecule has 15 heteroatoms. The summed E-state index contributed by atoms with van der Waals surface area (Å²) < 4.78 is 71.0. The van der Waals surface area contributed by atoms with E-state index in [1.165, 1.54) is 37.2 Å². The SMILES string of the molecule is O=C(O)C(F)(F)F.O=C(O)C(F)(F)F.O=c1ccc2c(n1CCN1CCCC1)CCC(NC1CCOCC1)C2. The van der Waals surface area contributed by atoms with E-state index >= 15 is 0 Å². The van der Waals surface area contributed by atoms with Crippen LogP contribution in [-0.2, 0) is 33.7 Å². The highest BCUT2D eigenvalue weighted by molar-refractivity contribution is 5.73. The Kier molecular flexibility index (Phi) is 12.2. The van der Waals surface area contributed by atoms with Crippen molar-refractivity contribution in [2.75, 3.05) is 32.8 Å². The summed E-state index contributed by atoms with van der Waals surface area (Å²) >= 11 is 0. The lowest BCUT2D eigenvalue weighted by molar-refractivity contribution is -0.193. The lowest BCUT2D eigenvalue weighted by atomic mass is 9.90. The van der Waals surface area contributed by atoms with Crippen molar-refractivity contribution in [3.05, 3.63) is 33.7 Å². The molecule has 4 rings (SSSR count). The van der Waals surface area contributed by atoms with Gasteiger partial charge in [0.25, 0.3) is 5.56 Å². The molecular formula is C24H33F6N3O6. The minimum absolute atomic E-state index is 0.175. The van der Waals surface area contributed by atoms with Gasteiger partial charge in [-0.3, -0.25) is 4.79 Å². The van der Waals surface area contributed by atoms with Crippen LogP contribution in [0.15, 0.2) is 16.9 Å². The topological polar surface area (TPSA) is 121 Å². The van der Waals surface area contributed by atoms with Crippen LogP contribution in [0.1, 0.15) is 43.4 Å². The van der Waals surface area contributed by atoms with Crippen LogP contribution < -0.4 is 10.9 Å². The largest absolute Gasteiger partial charge is 0.490 e. The molecule has 3 N–H and O–H groups in total. The molecule has 0 bridgehead atoms. The molecule has 39 heavy (non-hydrogen) atoms. The molecule has 0 aromatic carbocycles. The van der Waals surface area contributed by atoms with Gasteiger partial charge in [-0.1, -0.05) is 6.07 Å². The maximum absolute atomic E-state index is 12.4. The molecule has 3 aliphatic rings. The molecule has 1 aromatic rings. The van der Waals surface area contributed by atoms with Crippen molar-refractivity contribution in [1.29, 1.82) is 0 Å². The predicted octanol–water partition coefficient (Wildman–Crippen LogP) is 2.84. The van der Waals surface area contributed by atoms with Crippen molar-refractivity contribution < 1.29 is 50.9 Å². The quantitative estimate of drug-likeness (QED) is 0.460. The molecule has 0 radical (unpaired) electrons. The summed E-state index contributed by atoms with van der Waals surface area (Å²) in [6.07, 6.45) is -2.10. The summed E-state index contributed by atoms with van der Waals surface area (Å²) in [6, 6.07) is 4.99. The number of aliphatic carboxylic acids is 2. The van der Waals surface area contributed by atoms with E-state index < -0.39 is 24.3 Å². The molecule has 1 aliphatic carbocycles. The van der Waals surface area contributed by atoms with Crippen LogP contribution in [0, 0.1) is 0 Å². The molecule has 0 spiro atoms. The van der Waals surface area contributed by atoms with Crippen LogP contribution in [0.25, 0.3) is 0 Å². The molecule has 3 heterocycles. The zero-order chi connectivity index (χ0) is 29.2. The van der Waals surface area contributed by atoms with Crippen molar-refractivity contribution >= 4 is 11.9 Å². The van der Waals surface area contributed by atoms with Gasteiger partial charge < -0.3 is 29.7 Å². The Bertz CT molecular complexity index is 978. The fourth-order valence-corrected chi connectivity index (χ4v) is 4.66. The number of carboxylic acid groups (broad SMARTS) is 2. The van der Waals surface area contributed by atoms with Gasteiger partial charge in [0, 0.05) is 50.1 Å². The van der Waals surface area contributed by atoms with Gasteiger partial charge in [0.15, 0.2) is 0 Å². The summed E-state index contributed by atoms with van der Waals surface area (Å²) in [7, 11) is 0. The van der Waals surface area contributed by atoms with E-state index in [0.717, 1.165) is 58.4 Å². The first-order valence-electron chi connectivity index (χ1n) is 12.6. The molecule has 2 fully saturated rings. The van der Waals surface area contributed by atoms with Gasteiger partial charge >= 0.3 is 24.3 Å². The van der Waals surface area contributed by atoms with Crippen molar-refractivity contribution in [2.24, 2.45) is 0 Å². The number of hydrogen-bond donors (Lipinski definition) is 3. The van der Waals surface area contributed by atoms with Crippen LogP contribution in [-0.4, -0.2) is 88.9 Å². The van der Waals surface area contributed by atoms with Crippen molar-refractivity contribution in [3.8, 4) is 0 Å². The lowest BCUT2D eigenvalue weighted by Gasteiger charge is -2.32. The molecular weight excluding hydrogens is 540 g/mol. The minimum Gasteiger partial charge on any atom is -0.475 e. The first-order valence-corrected chi connectivity index (χ1v) is 12.6. The number of pyridine rings is 1. The second-order valence-electron chi connectivity index (χ2n) is 9.44. The lowest BCUT2D eigenvalue weighted by Crippen LogP contribution is -2.45. The number of rotatable bonds is 5. The van der Waals surface area contributed by atoms with E-state index in [1.807, 2.05) is 0 Å². The van der Waals surface area contributed by atoms with Crippen LogP contribution in [0.4, 0.5) is 26.3 Å². The van der Waals surface area contributed by atoms with Crippen LogP contribution >= 0.6 is 0 Å². The average Bonchev–Trinajstić information content (AvgIpc) is 3.37. The molecule has 0 amide bonds. The normalized spacial score (nSPS) is 20.2. The van der Waals surface area contributed by atoms with Crippen molar-refractivity contribution in [1.82, 2.24) is 14.8 Å². The summed E-state index contributed by atoms with van der Waals surface area (Å²) in [5.41, 5.74) is 2.84. The number of carboxylic acids is 2. The summed E-state index contributed by atoms with van der Waals surface area (Å²) in [6.45, 7) is 6.02. The Labute approximate surface area is 220 Å². The molecule has 1 aromatic heterocycles. The van der Waals surface area contributed by atoms with Crippen molar-refractivity contribution in [3.63, 3.8) is 0 Å². The second-order valence-corrected chi connectivity index (χ2v) is 9.44. The third-order valence-corrected chi connectivity index (χ3v) is 6.60. The number of carbonyl (C=O) groups is 2. The van der Waals surface area contributed by atoms with E-state index in [9.17, 15) is 31.1 Å². The highest BCUT2D eigenvalue weighted by atomic mass is 19.4. The van der Waals surface area contributed by atoms with E-state index in [1.54, 1.807) is 6.07 Å². The number of halogens is 6. The number of aromatic nitrogens is 1. The fourth-order valence-electron chi connectivity index (χ4n) is 4.66. The molecule has 1 atom stereocenters. The number of fused-ring (bicyclic) bond motifs is 1. The zero-order valence-electron chi connectivity index (χ0n) is 21.2. The predicted molar refractivity (Wildman–Crippen MR) is 127 cm³/mol. The molecule has 0 saturated carbocycles. The van der Waals surface area contributed by atoms with Gasteiger partial charge in [-0.2, -0.15) is 26.3 Å². The van der Waals surface area contributed by atoms with Crippen LogP contribution in [0.3, 0.4) is 0 Å². The van der Waals surface area contributed by atoms with Crippen molar-refractivity contribution in [2.45, 2.75) is 75.9 Å². The van der Waals surface area contributed by atoms with Crippen LogP contribution in [0.2, 0.25) is 0 Å². The molecule has 222 valence electrons. The fraction of sp³-hybridized carbons (Fsp3) is 0.708. The molecule has 9 nitrogen and oxygen atoms in total. The minimum atomic E-state index is -5.08. The number of nitrogens with zero attached hydrogens (tertiary/aromatic N) is 2. The van der Waals surface area contributed by atoms with E-state index in [4.69, 9.17) is 24.5 Å². The Hall–Kier alpha value is -2.65. The van der Waals surface area contributed by atoms with Gasteiger partial charge in [0.2, 0.25) is 0 Å². The monoisotopic (exact) mass is 573 g/mol. The van der Waals surface area contributed by atoms with Gasteiger partial charge in [0.05, 0.1) is 0 Å². The number of nitrogens with one attached hydrogen (secondary N) is 1. The number of likely N-dealkylation sites (tertiary alicyclic amines) is 1. The zero-order valence-corrected chi connectivity index (χ0v) is 21.2. The van der Waals surface area contributed by atoms with Gasteiger partial charge in [-0.15, -0.1) is 0 Å². The van der Waals surface area contributed by atoms with Crippen LogP contribution in [0.5, 0.6) is 0 Å². The summed E-state index contributed by atoms with van der Waals surface area (Å²) in [4.78, 5) is 32.7. The first kappa shape index (κ1) is 32.6. The summed E-state index contributed by atoms with van der Waals surface area (Å²) in [5, 5.41) is 18.1. The maximum atomic E-state index is 12.4. The Morgan fingerprint density at radius 1 is 0.897 bits per heavy atom. The third kappa shape index (κ3) is 11.2. The summed E-state index contributed by atoms with van der Waals surface area (Å²) in [5.74, 6) is -5.51. The van der Waals surface area contributed by atoms with Gasteiger partial charge in [0.1, 0.15) is 0 Å². The third-order valence-electron chi connectivity index (χ3n) is 6.60. The molecule has 1 unspecified atom stereocenters. The van der Waals surface area contributed by atoms with Gasteiger partial charge in [-0.25, -0.2) is 9.59 Å². The van der Waals surface area contributed by atoms with Gasteiger partial charge in [-0.05, 0) is 63.6 Å². The smallest absolute Gasteiger partial charge is 0.475 e. The number of hydrogen-bond acceptors (Lipinski definition) is 6. The van der Waals surface area contributed by atoms with E-state index in [2.05, 4.69) is 20.9 Å². The van der Waals surface area contributed by atoms with E-state index in [-0.39, 0.29) is 5.56 Å². The maximum Gasteiger partial charge on any atom is 0.490 e. The number of alkyl halides is 6. The highest BCUT2D eigenvalue weighted by Gasteiger charge is 2.38.